The van der Waals surface area contributed by atoms with E-state index in [4.69, 9.17) is 37.2 Å². The SMILES string of the molecule is COC(=O)CCc1ccc(N2C(=O)[C@@H]3C[C@H]2C[C@H]3OCc2c(-c3c(Cl)cccc3Cl)noc2C2CC2)cc1. The number of carbonyl (C=O) groups is 2. The lowest BCUT2D eigenvalue weighted by atomic mass is 10.0. The summed E-state index contributed by atoms with van der Waals surface area (Å²) in [6, 6.07) is 13.3. The Bertz CT molecular complexity index is 1350. The van der Waals surface area contributed by atoms with Crippen molar-refractivity contribution >= 4 is 40.8 Å². The first-order valence-electron chi connectivity index (χ1n) is 13.0. The molecule has 0 unspecified atom stereocenters. The highest BCUT2D eigenvalue weighted by Crippen LogP contribution is 2.47. The Kier molecular flexibility index (Phi) is 6.93. The van der Waals surface area contributed by atoms with Crippen molar-refractivity contribution in [1.29, 1.82) is 0 Å². The molecule has 1 aromatic heterocycles. The molecule has 1 saturated heterocycles. The Morgan fingerprint density at radius 1 is 1.11 bits per heavy atom. The van der Waals surface area contributed by atoms with Gasteiger partial charge in [-0.05, 0) is 61.9 Å². The zero-order valence-corrected chi connectivity index (χ0v) is 22.5. The number of nitrogens with zero attached hydrogens (tertiary/aromatic N) is 2. The van der Waals surface area contributed by atoms with E-state index in [0.717, 1.165) is 48.3 Å². The number of ether oxygens (including phenoxy) is 2. The monoisotopic (exact) mass is 554 g/mol. The van der Waals surface area contributed by atoms with Gasteiger partial charge in [-0.2, -0.15) is 0 Å². The quantitative estimate of drug-likeness (QED) is 0.287. The van der Waals surface area contributed by atoms with Crippen molar-refractivity contribution in [3.8, 4) is 11.3 Å². The second-order valence-electron chi connectivity index (χ2n) is 10.3. The standard InChI is InChI=1S/C29H28Cl2N2O5/c1-36-25(34)12-7-16-5-10-18(11-6-16)33-19-13-20(29(33)35)24(14-19)37-15-21-27(32-38-28(21)17-8-9-17)26-22(30)3-2-4-23(26)31/h2-6,10-11,17,19-20,24H,7-9,12-15H2,1H3/t19-,20+,24+/m0/s1. The molecule has 38 heavy (non-hydrogen) atoms. The fraction of sp³-hybridized carbons (Fsp3) is 0.414. The number of carbonyl (C=O) groups excluding carboxylic acids is 2. The summed E-state index contributed by atoms with van der Waals surface area (Å²) >= 11 is 13.0. The van der Waals surface area contributed by atoms with E-state index in [-0.39, 0.29) is 29.9 Å². The molecule has 0 radical (unpaired) electrons. The number of hydrogen-bond donors (Lipinski definition) is 0. The third kappa shape index (κ3) is 4.72. The molecule has 2 bridgehead atoms. The summed E-state index contributed by atoms with van der Waals surface area (Å²) in [4.78, 5) is 26.7. The minimum atomic E-state index is -0.232. The number of aromatic nitrogens is 1. The molecule has 3 atom stereocenters. The topological polar surface area (TPSA) is 81.9 Å². The summed E-state index contributed by atoms with van der Waals surface area (Å²) in [6.45, 7) is 0.294. The highest BCUT2D eigenvalue weighted by molar-refractivity contribution is 6.39. The van der Waals surface area contributed by atoms with Crippen molar-refractivity contribution in [2.24, 2.45) is 5.92 Å². The fourth-order valence-electron chi connectivity index (χ4n) is 5.74. The van der Waals surface area contributed by atoms with Crippen LogP contribution >= 0.6 is 23.2 Å². The van der Waals surface area contributed by atoms with Gasteiger partial charge in [-0.25, -0.2) is 0 Å². The molecule has 2 aliphatic carbocycles. The molecular formula is C29H28Cl2N2O5. The lowest BCUT2D eigenvalue weighted by Crippen LogP contribution is -2.43. The second kappa shape index (κ2) is 10.4. The molecule has 1 aliphatic heterocycles. The van der Waals surface area contributed by atoms with E-state index in [2.05, 4.69) is 5.16 Å². The molecule has 2 aromatic carbocycles. The number of rotatable bonds is 9. The fourth-order valence-corrected chi connectivity index (χ4v) is 6.31. The molecule has 3 fully saturated rings. The smallest absolute Gasteiger partial charge is 0.305 e. The largest absolute Gasteiger partial charge is 0.469 e. The number of amides is 1. The van der Waals surface area contributed by atoms with Crippen molar-refractivity contribution in [3.63, 3.8) is 0 Å². The molecule has 0 N–H and O–H groups in total. The minimum absolute atomic E-state index is 0.0932. The molecular weight excluding hydrogens is 527 g/mol. The molecule has 0 spiro atoms. The summed E-state index contributed by atoms with van der Waals surface area (Å²) in [5.41, 5.74) is 4.05. The summed E-state index contributed by atoms with van der Waals surface area (Å²) in [7, 11) is 1.39. The second-order valence-corrected chi connectivity index (χ2v) is 11.1. The Labute approximate surface area is 231 Å². The average molecular weight is 555 g/mol. The molecule has 7 nitrogen and oxygen atoms in total. The van der Waals surface area contributed by atoms with Crippen molar-refractivity contribution < 1.29 is 23.6 Å². The number of anilines is 1. The van der Waals surface area contributed by atoms with Gasteiger partial charge in [0, 0.05) is 35.2 Å². The first-order valence-corrected chi connectivity index (χ1v) is 13.7. The minimum Gasteiger partial charge on any atom is -0.469 e. The zero-order chi connectivity index (χ0) is 26.4. The number of fused-ring (bicyclic) bond motifs is 2. The molecule has 9 heteroatoms. The van der Waals surface area contributed by atoms with Crippen molar-refractivity contribution in [2.75, 3.05) is 12.0 Å². The predicted octanol–water partition coefficient (Wildman–Crippen LogP) is 6.34. The van der Waals surface area contributed by atoms with Gasteiger partial charge in [-0.15, -0.1) is 0 Å². The van der Waals surface area contributed by atoms with Crippen LogP contribution in [-0.2, 0) is 32.1 Å². The van der Waals surface area contributed by atoms with Gasteiger partial charge in [-0.1, -0.05) is 46.6 Å². The lowest BCUT2D eigenvalue weighted by molar-refractivity contribution is -0.140. The van der Waals surface area contributed by atoms with Crippen molar-refractivity contribution in [1.82, 2.24) is 5.16 Å². The maximum atomic E-state index is 13.4. The molecule has 198 valence electrons. The Morgan fingerprint density at radius 3 is 2.50 bits per heavy atom. The number of hydrogen-bond acceptors (Lipinski definition) is 6. The molecule has 6 rings (SSSR count). The lowest BCUT2D eigenvalue weighted by Gasteiger charge is -2.31. The maximum Gasteiger partial charge on any atom is 0.305 e. The first kappa shape index (κ1) is 25.4. The molecule has 1 amide bonds. The van der Waals surface area contributed by atoms with E-state index in [9.17, 15) is 9.59 Å². The summed E-state index contributed by atoms with van der Waals surface area (Å²) < 4.78 is 16.9. The van der Waals surface area contributed by atoms with E-state index in [1.54, 1.807) is 18.2 Å². The number of esters is 1. The van der Waals surface area contributed by atoms with Crippen LogP contribution in [0.1, 0.15) is 54.9 Å². The Balaban J connectivity index is 1.14. The molecule has 3 aromatic rings. The van der Waals surface area contributed by atoms with Crippen LogP contribution in [0.3, 0.4) is 0 Å². The zero-order valence-electron chi connectivity index (χ0n) is 21.0. The van der Waals surface area contributed by atoms with E-state index >= 15 is 0 Å². The average Bonchev–Trinajstić information content (AvgIpc) is 3.43. The third-order valence-electron chi connectivity index (χ3n) is 7.87. The first-order chi connectivity index (χ1) is 18.4. The van der Waals surface area contributed by atoms with Crippen LogP contribution in [0.4, 0.5) is 5.69 Å². The van der Waals surface area contributed by atoms with Crippen LogP contribution < -0.4 is 4.90 Å². The van der Waals surface area contributed by atoms with Crippen LogP contribution in [0.15, 0.2) is 47.0 Å². The Morgan fingerprint density at radius 2 is 1.84 bits per heavy atom. The summed E-state index contributed by atoms with van der Waals surface area (Å²) in [6.07, 6.45) is 4.43. The summed E-state index contributed by atoms with van der Waals surface area (Å²) in [5, 5.41) is 5.36. The number of halogens is 2. The van der Waals surface area contributed by atoms with Crippen LogP contribution in [0.5, 0.6) is 0 Å². The third-order valence-corrected chi connectivity index (χ3v) is 8.50. The van der Waals surface area contributed by atoms with Gasteiger partial charge < -0.3 is 18.9 Å². The molecule has 3 aliphatic rings. The number of benzene rings is 2. The van der Waals surface area contributed by atoms with Crippen LogP contribution in [0.2, 0.25) is 10.0 Å². The number of piperidine rings is 1. The van der Waals surface area contributed by atoms with Gasteiger partial charge in [0.25, 0.3) is 0 Å². The highest BCUT2D eigenvalue weighted by atomic mass is 35.5. The van der Waals surface area contributed by atoms with E-state index < -0.39 is 0 Å². The maximum absolute atomic E-state index is 13.4. The number of methoxy groups -OCH3 is 1. The van der Waals surface area contributed by atoms with Gasteiger partial charge in [-0.3, -0.25) is 9.59 Å². The highest BCUT2D eigenvalue weighted by Gasteiger charge is 2.52. The van der Waals surface area contributed by atoms with Gasteiger partial charge in [0.2, 0.25) is 5.91 Å². The van der Waals surface area contributed by atoms with Crippen LogP contribution in [-0.4, -0.2) is 36.3 Å². The van der Waals surface area contributed by atoms with Crippen LogP contribution in [0.25, 0.3) is 11.3 Å². The van der Waals surface area contributed by atoms with Crippen LogP contribution in [0, 0.1) is 5.92 Å². The number of aryl methyl sites for hydroxylation is 1. The van der Waals surface area contributed by atoms with E-state index in [0.29, 0.717) is 46.7 Å². The van der Waals surface area contributed by atoms with Gasteiger partial charge in [0.05, 0.1) is 35.8 Å². The predicted molar refractivity (Wildman–Crippen MR) is 143 cm³/mol. The molecule has 2 heterocycles. The van der Waals surface area contributed by atoms with Gasteiger partial charge in [0.15, 0.2) is 0 Å². The van der Waals surface area contributed by atoms with Gasteiger partial charge >= 0.3 is 5.97 Å². The van der Waals surface area contributed by atoms with E-state index in [1.807, 2.05) is 29.2 Å². The van der Waals surface area contributed by atoms with Crippen molar-refractivity contribution in [3.05, 3.63) is 69.4 Å². The Hall–Kier alpha value is -2.87. The van der Waals surface area contributed by atoms with E-state index in [1.165, 1.54) is 7.11 Å². The normalized spacial score (nSPS) is 22.3. The van der Waals surface area contributed by atoms with Gasteiger partial charge in [0.1, 0.15) is 11.5 Å². The molecule has 2 saturated carbocycles. The summed E-state index contributed by atoms with van der Waals surface area (Å²) in [5.74, 6) is 0.846. The van der Waals surface area contributed by atoms with Crippen molar-refractivity contribution in [2.45, 2.75) is 63.2 Å².